The smallest absolute Gasteiger partial charge is 0.251 e. The van der Waals surface area contributed by atoms with Crippen molar-refractivity contribution in [2.45, 2.75) is 38.1 Å². The Morgan fingerprint density at radius 3 is 2.58 bits per heavy atom. The van der Waals surface area contributed by atoms with Crippen molar-refractivity contribution in [2.75, 3.05) is 6.54 Å². The molecule has 2 N–H and O–H groups in total. The summed E-state index contributed by atoms with van der Waals surface area (Å²) in [5, 5.41) is 23.5. The van der Waals surface area contributed by atoms with Gasteiger partial charge in [-0.25, -0.2) is 0 Å². The molecule has 0 heterocycles. The van der Waals surface area contributed by atoms with Crippen molar-refractivity contribution < 1.29 is 9.59 Å². The van der Waals surface area contributed by atoms with Crippen LogP contribution in [0.25, 0.3) is 0 Å². The molecule has 0 aromatic heterocycles. The largest absolute Gasteiger partial charge is 0.343 e. The molecule has 1 aliphatic rings. The first-order valence-corrected chi connectivity index (χ1v) is 7.98. The van der Waals surface area contributed by atoms with E-state index in [1.54, 1.807) is 12.1 Å². The third-order valence-electron chi connectivity index (χ3n) is 4.28. The minimum atomic E-state index is -0.825. The normalized spacial score (nSPS) is 22.7. The fraction of sp³-hybridized carbons (Fsp3) is 0.444. The van der Waals surface area contributed by atoms with Crippen LogP contribution in [0.4, 0.5) is 0 Å². The van der Waals surface area contributed by atoms with Crippen LogP contribution in [-0.4, -0.2) is 23.9 Å². The Morgan fingerprint density at radius 2 is 2.00 bits per heavy atom. The molecule has 24 heavy (non-hydrogen) atoms. The lowest BCUT2D eigenvalue weighted by Crippen LogP contribution is -2.52. The van der Waals surface area contributed by atoms with E-state index in [-0.39, 0.29) is 12.5 Å². The second kappa shape index (κ2) is 7.61. The number of carbonyl (C=O) groups excluding carboxylic acids is 2. The van der Waals surface area contributed by atoms with Crippen molar-refractivity contribution in [3.8, 4) is 12.1 Å². The van der Waals surface area contributed by atoms with E-state index >= 15 is 0 Å². The summed E-state index contributed by atoms with van der Waals surface area (Å²) in [6.45, 7) is 1.89. The van der Waals surface area contributed by atoms with E-state index in [0.29, 0.717) is 29.9 Å². The van der Waals surface area contributed by atoms with Gasteiger partial charge in [0, 0.05) is 5.56 Å². The monoisotopic (exact) mass is 324 g/mol. The van der Waals surface area contributed by atoms with Gasteiger partial charge in [-0.05, 0) is 49.4 Å². The topological polar surface area (TPSA) is 106 Å². The molecule has 124 valence electrons. The molecule has 0 saturated heterocycles. The Hall–Kier alpha value is -2.86. The number of amides is 2. The van der Waals surface area contributed by atoms with Crippen molar-refractivity contribution in [1.82, 2.24) is 10.6 Å². The lowest BCUT2D eigenvalue weighted by atomic mass is 9.77. The zero-order valence-electron chi connectivity index (χ0n) is 13.6. The van der Waals surface area contributed by atoms with Crippen LogP contribution in [0.15, 0.2) is 24.3 Å². The van der Waals surface area contributed by atoms with Crippen molar-refractivity contribution in [1.29, 1.82) is 10.5 Å². The van der Waals surface area contributed by atoms with E-state index in [2.05, 4.69) is 23.6 Å². The van der Waals surface area contributed by atoms with E-state index in [9.17, 15) is 14.9 Å². The Labute approximate surface area is 141 Å². The van der Waals surface area contributed by atoms with Crippen molar-refractivity contribution in [3.05, 3.63) is 35.4 Å². The van der Waals surface area contributed by atoms with Crippen LogP contribution < -0.4 is 10.6 Å². The molecule has 1 fully saturated rings. The fourth-order valence-corrected chi connectivity index (χ4v) is 3.06. The van der Waals surface area contributed by atoms with Gasteiger partial charge in [0.2, 0.25) is 5.91 Å². The number of nitriles is 2. The number of carbonyl (C=O) groups is 2. The maximum absolute atomic E-state index is 12.1. The maximum atomic E-state index is 12.1. The predicted octanol–water partition coefficient (Wildman–Crippen LogP) is 1.88. The highest BCUT2D eigenvalue weighted by Crippen LogP contribution is 2.31. The lowest BCUT2D eigenvalue weighted by molar-refractivity contribution is -0.121. The first-order chi connectivity index (χ1) is 11.5. The highest BCUT2D eigenvalue weighted by atomic mass is 16.2. The van der Waals surface area contributed by atoms with Crippen molar-refractivity contribution >= 4 is 11.8 Å². The number of nitrogens with zero attached hydrogens (tertiary/aromatic N) is 2. The van der Waals surface area contributed by atoms with Crippen LogP contribution in [0.3, 0.4) is 0 Å². The van der Waals surface area contributed by atoms with E-state index in [4.69, 9.17) is 5.26 Å². The Morgan fingerprint density at radius 1 is 1.29 bits per heavy atom. The Balaban J connectivity index is 1.89. The summed E-state index contributed by atoms with van der Waals surface area (Å²) < 4.78 is 0. The van der Waals surface area contributed by atoms with E-state index < -0.39 is 11.4 Å². The lowest BCUT2D eigenvalue weighted by Gasteiger charge is -2.35. The number of benzene rings is 1. The molecule has 0 unspecified atom stereocenters. The highest BCUT2D eigenvalue weighted by Gasteiger charge is 2.36. The number of rotatable bonds is 4. The molecule has 2 rings (SSSR count). The van der Waals surface area contributed by atoms with Gasteiger partial charge in [0.05, 0.1) is 24.2 Å². The molecular formula is C18H20N4O2. The standard InChI is InChI=1S/C18H20N4O2/c1-13-3-2-8-18(9-13,12-20)22-16(23)11-21-17(24)15-6-4-14(10-19)5-7-15/h4-7,13H,2-3,8-9,11H2,1H3,(H,21,24)(H,22,23)/t13-,18+/m1/s1. The van der Waals surface area contributed by atoms with Crippen LogP contribution >= 0.6 is 0 Å². The molecule has 0 aliphatic heterocycles. The Kier molecular flexibility index (Phi) is 5.55. The molecule has 1 aromatic rings. The van der Waals surface area contributed by atoms with Gasteiger partial charge in [-0.15, -0.1) is 0 Å². The van der Waals surface area contributed by atoms with Crippen molar-refractivity contribution in [3.63, 3.8) is 0 Å². The predicted molar refractivity (Wildman–Crippen MR) is 87.6 cm³/mol. The minimum Gasteiger partial charge on any atom is -0.343 e. The van der Waals surface area contributed by atoms with Gasteiger partial charge >= 0.3 is 0 Å². The van der Waals surface area contributed by atoms with Crippen LogP contribution in [0.1, 0.15) is 48.5 Å². The first kappa shape index (κ1) is 17.5. The SMILES string of the molecule is C[C@@H]1CCC[C@](C#N)(NC(=O)CNC(=O)c2ccc(C#N)cc2)C1. The summed E-state index contributed by atoms with van der Waals surface area (Å²) in [5.41, 5.74) is 0.0169. The molecular weight excluding hydrogens is 304 g/mol. The molecule has 1 aliphatic carbocycles. The quantitative estimate of drug-likeness (QED) is 0.882. The number of nitrogens with one attached hydrogen (secondary N) is 2. The average molecular weight is 324 g/mol. The maximum Gasteiger partial charge on any atom is 0.251 e. The van der Waals surface area contributed by atoms with Crippen LogP contribution in [-0.2, 0) is 4.79 Å². The summed E-state index contributed by atoms with van der Waals surface area (Å²) in [6, 6.07) is 10.4. The zero-order valence-corrected chi connectivity index (χ0v) is 13.6. The highest BCUT2D eigenvalue weighted by molar-refractivity contribution is 5.96. The van der Waals surface area contributed by atoms with Gasteiger partial charge in [-0.1, -0.05) is 13.3 Å². The first-order valence-electron chi connectivity index (χ1n) is 7.98. The summed E-state index contributed by atoms with van der Waals surface area (Å²) in [6.07, 6.45) is 3.25. The molecule has 1 saturated carbocycles. The van der Waals surface area contributed by atoms with Gasteiger partial charge in [0.25, 0.3) is 5.91 Å². The molecule has 2 atom stereocenters. The summed E-state index contributed by atoms with van der Waals surface area (Å²) in [7, 11) is 0. The second-order valence-corrected chi connectivity index (χ2v) is 6.32. The average Bonchev–Trinajstić information content (AvgIpc) is 2.59. The molecule has 0 spiro atoms. The zero-order chi connectivity index (χ0) is 17.6. The molecule has 2 amide bonds. The van der Waals surface area contributed by atoms with Crippen LogP contribution in [0.2, 0.25) is 0 Å². The third-order valence-corrected chi connectivity index (χ3v) is 4.28. The molecule has 0 radical (unpaired) electrons. The third kappa shape index (κ3) is 4.33. The second-order valence-electron chi connectivity index (χ2n) is 6.32. The molecule has 6 nitrogen and oxygen atoms in total. The van der Waals surface area contributed by atoms with E-state index in [0.717, 1.165) is 12.8 Å². The fourth-order valence-electron chi connectivity index (χ4n) is 3.06. The number of hydrogen-bond donors (Lipinski definition) is 2. The van der Waals surface area contributed by atoms with Gasteiger partial charge in [0.1, 0.15) is 5.54 Å². The summed E-state index contributed by atoms with van der Waals surface area (Å²) >= 11 is 0. The van der Waals surface area contributed by atoms with Gasteiger partial charge in [0.15, 0.2) is 0 Å². The van der Waals surface area contributed by atoms with Crippen molar-refractivity contribution in [2.24, 2.45) is 5.92 Å². The Bertz CT molecular complexity index is 699. The van der Waals surface area contributed by atoms with E-state index in [1.807, 2.05) is 6.07 Å². The van der Waals surface area contributed by atoms with Gasteiger partial charge < -0.3 is 10.6 Å². The minimum absolute atomic E-state index is 0.184. The van der Waals surface area contributed by atoms with Crippen LogP contribution in [0, 0.1) is 28.6 Å². The molecule has 6 heteroatoms. The number of hydrogen-bond acceptors (Lipinski definition) is 4. The summed E-state index contributed by atoms with van der Waals surface area (Å²) in [4.78, 5) is 24.1. The molecule has 1 aromatic carbocycles. The van der Waals surface area contributed by atoms with Crippen LogP contribution in [0.5, 0.6) is 0 Å². The van der Waals surface area contributed by atoms with Gasteiger partial charge in [-0.3, -0.25) is 9.59 Å². The summed E-state index contributed by atoms with van der Waals surface area (Å²) in [5.74, 6) is -0.364. The molecule has 0 bridgehead atoms. The van der Waals surface area contributed by atoms with Gasteiger partial charge in [-0.2, -0.15) is 10.5 Å². The van der Waals surface area contributed by atoms with E-state index in [1.165, 1.54) is 12.1 Å².